The molecule has 3 N–H and O–H groups in total. The Morgan fingerprint density at radius 3 is 2.75 bits per heavy atom. The third-order valence-electron chi connectivity index (χ3n) is 2.72. The fourth-order valence-corrected chi connectivity index (χ4v) is 2.75. The highest BCUT2D eigenvalue weighted by molar-refractivity contribution is 7.92. The van der Waals surface area contributed by atoms with E-state index in [1.807, 2.05) is 11.5 Å². The summed E-state index contributed by atoms with van der Waals surface area (Å²) >= 11 is 0. The second-order valence-electron chi connectivity index (χ2n) is 4.40. The van der Waals surface area contributed by atoms with Gasteiger partial charge in [0.25, 0.3) is 10.0 Å². The number of hydrogen-bond donors (Lipinski definition) is 2. The molecule has 0 aliphatic heterocycles. The van der Waals surface area contributed by atoms with Crippen molar-refractivity contribution >= 4 is 21.5 Å². The third-order valence-corrected chi connectivity index (χ3v) is 3.94. The number of anilines is 2. The zero-order valence-electron chi connectivity index (χ0n) is 11.4. The van der Waals surface area contributed by atoms with Crippen LogP contribution in [0.2, 0.25) is 0 Å². The van der Waals surface area contributed by atoms with E-state index in [9.17, 15) is 8.42 Å². The zero-order valence-corrected chi connectivity index (χ0v) is 12.2. The van der Waals surface area contributed by atoms with Gasteiger partial charge in [0, 0.05) is 12.7 Å². The molecule has 108 valence electrons. The van der Waals surface area contributed by atoms with Gasteiger partial charge < -0.3 is 10.3 Å². The topological polar surface area (TPSA) is 103 Å². The molecule has 0 amide bonds. The number of hydrogen-bond acceptors (Lipinski definition) is 5. The Bertz CT molecular complexity index is 691. The summed E-state index contributed by atoms with van der Waals surface area (Å²) in [5.74, 6) is 0.874. The first-order valence-corrected chi connectivity index (χ1v) is 7.69. The molecular weight excluding hydrogens is 278 g/mol. The average Bonchev–Trinajstić information content (AvgIpc) is 2.75. The van der Waals surface area contributed by atoms with Gasteiger partial charge in [-0.15, -0.1) is 0 Å². The third kappa shape index (κ3) is 3.08. The van der Waals surface area contributed by atoms with Crippen LogP contribution >= 0.6 is 0 Å². The van der Waals surface area contributed by atoms with Crippen LogP contribution in [-0.2, 0) is 16.6 Å². The van der Waals surface area contributed by atoms with Crippen molar-refractivity contribution in [2.24, 2.45) is 0 Å². The van der Waals surface area contributed by atoms with E-state index in [0.717, 1.165) is 13.0 Å². The first-order valence-electron chi connectivity index (χ1n) is 6.20. The highest BCUT2D eigenvalue weighted by atomic mass is 32.2. The van der Waals surface area contributed by atoms with E-state index in [1.165, 1.54) is 18.5 Å². The first-order chi connectivity index (χ1) is 9.42. The van der Waals surface area contributed by atoms with E-state index < -0.39 is 10.0 Å². The zero-order chi connectivity index (χ0) is 14.8. The fraction of sp³-hybridized carbons (Fsp3) is 0.333. The van der Waals surface area contributed by atoms with Gasteiger partial charge in [-0.2, -0.15) is 8.42 Å². The molecule has 0 unspecified atom stereocenters. The molecule has 20 heavy (non-hydrogen) atoms. The van der Waals surface area contributed by atoms with Crippen molar-refractivity contribution in [1.82, 2.24) is 14.5 Å². The van der Waals surface area contributed by atoms with Crippen molar-refractivity contribution in [3.8, 4) is 0 Å². The van der Waals surface area contributed by atoms with Gasteiger partial charge in [0.1, 0.15) is 11.6 Å². The van der Waals surface area contributed by atoms with Crippen molar-refractivity contribution in [3.05, 3.63) is 30.4 Å². The molecule has 0 aromatic carbocycles. The van der Waals surface area contributed by atoms with Gasteiger partial charge >= 0.3 is 0 Å². The van der Waals surface area contributed by atoms with Crippen LogP contribution in [0.25, 0.3) is 0 Å². The summed E-state index contributed by atoms with van der Waals surface area (Å²) in [6.45, 7) is 4.52. The molecule has 0 bridgehead atoms. The first kappa shape index (κ1) is 14.3. The Morgan fingerprint density at radius 2 is 2.15 bits per heavy atom. The van der Waals surface area contributed by atoms with Gasteiger partial charge in [0.05, 0.1) is 11.9 Å². The number of nitrogens with two attached hydrogens (primary N) is 1. The summed E-state index contributed by atoms with van der Waals surface area (Å²) in [7, 11) is -3.73. The van der Waals surface area contributed by atoms with Gasteiger partial charge in [0.2, 0.25) is 0 Å². The minimum absolute atomic E-state index is 0.0120. The summed E-state index contributed by atoms with van der Waals surface area (Å²) < 4.78 is 28.6. The molecule has 2 aromatic rings. The molecule has 2 rings (SSSR count). The number of rotatable bonds is 5. The molecule has 0 aliphatic rings. The minimum Gasteiger partial charge on any atom is -0.397 e. The van der Waals surface area contributed by atoms with Crippen molar-refractivity contribution in [1.29, 1.82) is 0 Å². The van der Waals surface area contributed by atoms with Crippen molar-refractivity contribution in [2.45, 2.75) is 31.8 Å². The number of pyridine rings is 1. The van der Waals surface area contributed by atoms with Crippen LogP contribution in [0.15, 0.2) is 29.6 Å². The van der Waals surface area contributed by atoms with Crippen LogP contribution < -0.4 is 10.5 Å². The average molecular weight is 295 g/mol. The number of aromatic nitrogens is 3. The minimum atomic E-state index is -3.73. The van der Waals surface area contributed by atoms with Gasteiger partial charge in [-0.25, -0.2) is 9.97 Å². The van der Waals surface area contributed by atoms with Crippen LogP contribution in [0.5, 0.6) is 0 Å². The monoisotopic (exact) mass is 295 g/mol. The summed E-state index contributed by atoms with van der Waals surface area (Å²) in [5, 5.41) is -0.0120. The standard InChI is InChI=1S/C12H17N5O2S/c1-3-6-17-8-12(15-9(17)2)20(18,19)16-11-5-4-10(13)7-14-11/h4-5,7-8H,3,6,13H2,1-2H3,(H,14,16). The summed E-state index contributed by atoms with van der Waals surface area (Å²) in [5.41, 5.74) is 5.97. The Hall–Kier alpha value is -2.09. The highest BCUT2D eigenvalue weighted by Crippen LogP contribution is 2.15. The van der Waals surface area contributed by atoms with E-state index in [0.29, 0.717) is 11.5 Å². The van der Waals surface area contributed by atoms with Crippen molar-refractivity contribution < 1.29 is 8.42 Å². The van der Waals surface area contributed by atoms with E-state index >= 15 is 0 Å². The summed E-state index contributed by atoms with van der Waals surface area (Å²) in [6, 6.07) is 3.08. The molecule has 0 saturated carbocycles. The molecule has 0 spiro atoms. The van der Waals surface area contributed by atoms with Crippen LogP contribution in [0.3, 0.4) is 0 Å². The Labute approximate surface area is 117 Å². The van der Waals surface area contributed by atoms with Crippen LogP contribution in [-0.4, -0.2) is 23.0 Å². The molecule has 0 radical (unpaired) electrons. The summed E-state index contributed by atoms with van der Waals surface area (Å²) in [6.07, 6.45) is 3.82. The normalized spacial score (nSPS) is 11.5. The quantitative estimate of drug-likeness (QED) is 0.867. The molecule has 8 heteroatoms. The fourth-order valence-electron chi connectivity index (χ4n) is 1.73. The number of aryl methyl sites for hydroxylation is 2. The van der Waals surface area contributed by atoms with Gasteiger partial charge in [-0.3, -0.25) is 4.72 Å². The lowest BCUT2D eigenvalue weighted by Crippen LogP contribution is -2.14. The maximum atomic E-state index is 12.2. The Kier molecular flexibility index (Phi) is 3.93. The van der Waals surface area contributed by atoms with Gasteiger partial charge in [-0.1, -0.05) is 6.92 Å². The smallest absolute Gasteiger partial charge is 0.282 e. The Balaban J connectivity index is 2.26. The van der Waals surface area contributed by atoms with E-state index in [-0.39, 0.29) is 10.8 Å². The maximum absolute atomic E-state index is 12.2. The number of imidazole rings is 1. The number of nitrogen functional groups attached to an aromatic ring is 1. The Morgan fingerprint density at radius 1 is 1.40 bits per heavy atom. The molecule has 2 aromatic heterocycles. The van der Waals surface area contributed by atoms with Gasteiger partial charge in [0.15, 0.2) is 5.03 Å². The van der Waals surface area contributed by atoms with Crippen molar-refractivity contribution in [2.75, 3.05) is 10.5 Å². The lowest BCUT2D eigenvalue weighted by molar-refractivity contribution is 0.597. The second-order valence-corrected chi connectivity index (χ2v) is 6.03. The van der Waals surface area contributed by atoms with E-state index in [1.54, 1.807) is 13.0 Å². The van der Waals surface area contributed by atoms with Crippen LogP contribution in [0, 0.1) is 6.92 Å². The van der Waals surface area contributed by atoms with E-state index in [2.05, 4.69) is 14.7 Å². The lowest BCUT2D eigenvalue weighted by Gasteiger charge is -2.04. The second kappa shape index (κ2) is 5.49. The molecule has 0 atom stereocenters. The predicted octanol–water partition coefficient (Wildman–Crippen LogP) is 1.38. The number of nitrogens with one attached hydrogen (secondary N) is 1. The maximum Gasteiger partial charge on any atom is 0.282 e. The predicted molar refractivity (Wildman–Crippen MR) is 76.7 cm³/mol. The molecule has 7 nitrogen and oxygen atoms in total. The number of sulfonamides is 1. The van der Waals surface area contributed by atoms with E-state index in [4.69, 9.17) is 5.73 Å². The SMILES string of the molecule is CCCn1cc(S(=O)(=O)Nc2ccc(N)cn2)nc1C. The molecule has 0 aliphatic carbocycles. The number of nitrogens with zero attached hydrogens (tertiary/aromatic N) is 3. The summed E-state index contributed by atoms with van der Waals surface area (Å²) in [4.78, 5) is 7.98. The largest absolute Gasteiger partial charge is 0.397 e. The molecule has 0 fully saturated rings. The van der Waals surface area contributed by atoms with Crippen molar-refractivity contribution in [3.63, 3.8) is 0 Å². The van der Waals surface area contributed by atoms with Gasteiger partial charge in [-0.05, 0) is 25.5 Å². The molecular formula is C12H17N5O2S. The molecule has 0 saturated heterocycles. The van der Waals surface area contributed by atoms with Crippen LogP contribution in [0.4, 0.5) is 11.5 Å². The highest BCUT2D eigenvalue weighted by Gasteiger charge is 2.19. The molecule has 2 heterocycles. The lowest BCUT2D eigenvalue weighted by atomic mass is 10.4. The van der Waals surface area contributed by atoms with Crippen LogP contribution in [0.1, 0.15) is 19.2 Å².